The van der Waals surface area contributed by atoms with Crippen molar-refractivity contribution in [2.75, 3.05) is 13.2 Å². The maximum absolute atomic E-state index is 12.5. The summed E-state index contributed by atoms with van der Waals surface area (Å²) in [6.45, 7) is 4.96. The van der Waals surface area contributed by atoms with E-state index in [1.807, 2.05) is 6.08 Å². The standard InChI is InChI=1S/C82H159NO5/c1-3-5-7-9-11-13-15-17-19-21-22-40-43-46-50-54-58-62-66-70-74-80(85)79(78-84)83-81(86)75-71-67-63-59-55-51-47-44-41-38-36-34-32-30-28-26-24-23-25-27-29-31-33-35-37-39-42-45-49-53-57-61-65-69-73-77-88-82(87)76-72-68-64-60-56-52-48-20-18-16-14-12-10-8-6-4-2/h25,27,70,74,79-80,84-85H,3-24,26,28-69,71-73,75-78H2,1-2H3,(H,83,86)/b27-25-,74-70+. The Hall–Kier alpha value is -1.66. The van der Waals surface area contributed by atoms with Gasteiger partial charge in [-0.2, -0.15) is 0 Å². The Balaban J connectivity index is 3.35. The fraction of sp³-hybridized carbons (Fsp3) is 0.927. The fourth-order valence-electron chi connectivity index (χ4n) is 13.0. The highest BCUT2D eigenvalue weighted by Gasteiger charge is 2.18. The molecule has 6 heteroatoms. The molecule has 2 unspecified atom stereocenters. The van der Waals surface area contributed by atoms with E-state index < -0.39 is 12.1 Å². The van der Waals surface area contributed by atoms with Crippen LogP contribution in [0.5, 0.6) is 0 Å². The van der Waals surface area contributed by atoms with Gasteiger partial charge in [-0.1, -0.05) is 417 Å². The monoisotopic (exact) mass is 1240 g/mol. The Morgan fingerprint density at radius 2 is 0.534 bits per heavy atom. The summed E-state index contributed by atoms with van der Waals surface area (Å²) < 4.78 is 5.51. The number of esters is 1. The molecule has 2 atom stereocenters. The second-order valence-corrected chi connectivity index (χ2v) is 28.1. The fourth-order valence-corrected chi connectivity index (χ4v) is 13.0. The van der Waals surface area contributed by atoms with Gasteiger partial charge in [0.15, 0.2) is 0 Å². The highest BCUT2D eigenvalue weighted by molar-refractivity contribution is 5.76. The zero-order valence-electron chi connectivity index (χ0n) is 60.0. The molecule has 522 valence electrons. The van der Waals surface area contributed by atoms with E-state index in [1.54, 1.807) is 6.08 Å². The summed E-state index contributed by atoms with van der Waals surface area (Å²) in [5.41, 5.74) is 0. The van der Waals surface area contributed by atoms with Gasteiger partial charge in [0.1, 0.15) is 0 Å². The predicted molar refractivity (Wildman–Crippen MR) is 389 cm³/mol. The molecule has 0 aromatic rings. The second-order valence-electron chi connectivity index (χ2n) is 28.1. The summed E-state index contributed by atoms with van der Waals surface area (Å²) in [6, 6.07) is -0.626. The first-order valence-electron chi connectivity index (χ1n) is 40.6. The lowest BCUT2D eigenvalue weighted by Gasteiger charge is -2.20. The van der Waals surface area contributed by atoms with Crippen molar-refractivity contribution in [3.8, 4) is 0 Å². The summed E-state index contributed by atoms with van der Waals surface area (Å²) in [7, 11) is 0. The molecule has 0 aliphatic heterocycles. The van der Waals surface area contributed by atoms with Crippen molar-refractivity contribution in [1.82, 2.24) is 5.32 Å². The molecule has 0 aliphatic rings. The Bertz CT molecular complexity index is 1380. The van der Waals surface area contributed by atoms with Gasteiger partial charge in [0.25, 0.3) is 0 Å². The van der Waals surface area contributed by atoms with Crippen LogP contribution in [0.3, 0.4) is 0 Å². The van der Waals surface area contributed by atoms with Crippen molar-refractivity contribution in [3.63, 3.8) is 0 Å². The summed E-state index contributed by atoms with van der Waals surface area (Å²) >= 11 is 0. The van der Waals surface area contributed by atoms with Gasteiger partial charge in [0, 0.05) is 12.8 Å². The Morgan fingerprint density at radius 1 is 0.307 bits per heavy atom. The van der Waals surface area contributed by atoms with E-state index in [1.165, 1.54) is 398 Å². The van der Waals surface area contributed by atoms with E-state index in [9.17, 15) is 19.8 Å². The van der Waals surface area contributed by atoms with Gasteiger partial charge in [0.2, 0.25) is 5.91 Å². The quantitative estimate of drug-likeness (QED) is 0.0320. The van der Waals surface area contributed by atoms with Crippen molar-refractivity contribution < 1.29 is 24.5 Å². The molecule has 0 aliphatic carbocycles. The third-order valence-electron chi connectivity index (χ3n) is 19.2. The van der Waals surface area contributed by atoms with Crippen molar-refractivity contribution in [3.05, 3.63) is 24.3 Å². The van der Waals surface area contributed by atoms with Gasteiger partial charge in [-0.25, -0.2) is 0 Å². The molecule has 6 nitrogen and oxygen atoms in total. The number of aliphatic hydroxyl groups is 2. The first-order chi connectivity index (χ1) is 43.5. The molecule has 0 aromatic carbocycles. The number of nitrogens with one attached hydrogen (secondary N) is 1. The molecule has 0 heterocycles. The number of carbonyl (C=O) groups excluding carboxylic acids is 2. The molecular formula is C82H159NO5. The van der Waals surface area contributed by atoms with Gasteiger partial charge in [0.05, 0.1) is 25.4 Å². The van der Waals surface area contributed by atoms with Crippen molar-refractivity contribution >= 4 is 11.9 Å². The lowest BCUT2D eigenvalue weighted by Crippen LogP contribution is -2.45. The minimum atomic E-state index is -0.843. The van der Waals surface area contributed by atoms with Crippen LogP contribution >= 0.6 is 0 Å². The number of hydrogen-bond donors (Lipinski definition) is 3. The molecule has 0 rings (SSSR count). The van der Waals surface area contributed by atoms with Gasteiger partial charge in [-0.3, -0.25) is 9.59 Å². The summed E-state index contributed by atoms with van der Waals surface area (Å²) in [5.74, 6) is -0.0352. The van der Waals surface area contributed by atoms with E-state index in [-0.39, 0.29) is 18.5 Å². The van der Waals surface area contributed by atoms with Crippen LogP contribution in [0.2, 0.25) is 0 Å². The molecule has 0 radical (unpaired) electrons. The smallest absolute Gasteiger partial charge is 0.305 e. The lowest BCUT2D eigenvalue weighted by molar-refractivity contribution is -0.143. The van der Waals surface area contributed by atoms with Crippen LogP contribution in [-0.4, -0.2) is 47.4 Å². The molecule has 0 aromatic heterocycles. The van der Waals surface area contributed by atoms with Crippen LogP contribution in [0.4, 0.5) is 0 Å². The number of unbranched alkanes of at least 4 members (excludes halogenated alkanes) is 64. The highest BCUT2D eigenvalue weighted by atomic mass is 16.5. The molecule has 3 N–H and O–H groups in total. The average molecular weight is 1240 g/mol. The second kappa shape index (κ2) is 77.8. The van der Waals surface area contributed by atoms with Gasteiger partial charge < -0.3 is 20.3 Å². The first kappa shape index (κ1) is 86.3. The number of amides is 1. The summed E-state index contributed by atoms with van der Waals surface area (Å²) in [6.07, 6.45) is 100. The lowest BCUT2D eigenvalue weighted by atomic mass is 10.0. The summed E-state index contributed by atoms with van der Waals surface area (Å²) in [4.78, 5) is 24.6. The number of allylic oxidation sites excluding steroid dienone is 3. The minimum Gasteiger partial charge on any atom is -0.466 e. The molecule has 0 bridgehead atoms. The third kappa shape index (κ3) is 73.4. The molecule has 1 amide bonds. The van der Waals surface area contributed by atoms with E-state index in [4.69, 9.17) is 4.74 Å². The molecule has 0 fully saturated rings. The molecule has 88 heavy (non-hydrogen) atoms. The Kier molecular flexibility index (Phi) is 76.3. The van der Waals surface area contributed by atoms with E-state index >= 15 is 0 Å². The molecule has 0 saturated carbocycles. The third-order valence-corrected chi connectivity index (χ3v) is 19.2. The zero-order chi connectivity index (χ0) is 63.5. The van der Waals surface area contributed by atoms with Crippen LogP contribution in [0, 0.1) is 0 Å². The van der Waals surface area contributed by atoms with E-state index in [2.05, 4.69) is 31.3 Å². The maximum atomic E-state index is 12.5. The van der Waals surface area contributed by atoms with Gasteiger partial charge in [-0.15, -0.1) is 0 Å². The number of rotatable bonds is 77. The van der Waals surface area contributed by atoms with E-state index in [0.717, 1.165) is 38.5 Å². The van der Waals surface area contributed by atoms with Crippen LogP contribution in [0.25, 0.3) is 0 Å². The predicted octanol–water partition coefficient (Wildman–Crippen LogP) is 26.8. The van der Waals surface area contributed by atoms with Crippen molar-refractivity contribution in [2.45, 2.75) is 475 Å². The SMILES string of the molecule is CCCCCCCCCCCCCCCCCCCC/C=C/C(O)C(CO)NC(=O)CCCCCCCCCCCCCCCCCCC/C=C\CCCCCCCCCCCCCCCCOC(=O)CCCCCCCCCCCCCCCCCC. The first-order valence-corrected chi connectivity index (χ1v) is 40.6. The van der Waals surface area contributed by atoms with Gasteiger partial charge >= 0.3 is 5.97 Å². The zero-order valence-corrected chi connectivity index (χ0v) is 60.0. The number of hydrogen-bond acceptors (Lipinski definition) is 5. The minimum absolute atomic E-state index is 0.0245. The van der Waals surface area contributed by atoms with Crippen molar-refractivity contribution in [1.29, 1.82) is 0 Å². The molecular weight excluding hydrogens is 1080 g/mol. The maximum Gasteiger partial charge on any atom is 0.305 e. The van der Waals surface area contributed by atoms with E-state index in [0.29, 0.717) is 19.4 Å². The summed E-state index contributed by atoms with van der Waals surface area (Å²) in [5, 5.41) is 23.3. The number of carbonyl (C=O) groups is 2. The normalized spacial score (nSPS) is 12.5. The van der Waals surface area contributed by atoms with Crippen molar-refractivity contribution in [2.24, 2.45) is 0 Å². The van der Waals surface area contributed by atoms with Crippen LogP contribution in [0.15, 0.2) is 24.3 Å². The highest BCUT2D eigenvalue weighted by Crippen LogP contribution is 2.20. The Morgan fingerprint density at radius 3 is 0.807 bits per heavy atom. The Labute approximate surface area is 551 Å². The van der Waals surface area contributed by atoms with Crippen LogP contribution in [-0.2, 0) is 14.3 Å². The average Bonchev–Trinajstić information content (AvgIpc) is 3.58. The number of aliphatic hydroxyl groups excluding tert-OH is 2. The van der Waals surface area contributed by atoms with Gasteiger partial charge in [-0.05, 0) is 57.8 Å². The van der Waals surface area contributed by atoms with Crippen LogP contribution in [0.1, 0.15) is 463 Å². The largest absolute Gasteiger partial charge is 0.466 e. The van der Waals surface area contributed by atoms with Crippen LogP contribution < -0.4 is 5.32 Å². The molecule has 0 spiro atoms. The topological polar surface area (TPSA) is 95.9 Å². The molecule has 0 saturated heterocycles. The number of ether oxygens (including phenoxy) is 1.